The highest BCUT2D eigenvalue weighted by atomic mass is 127. The zero-order valence-corrected chi connectivity index (χ0v) is 28.3. The molecule has 1 atom stereocenters. The zero-order chi connectivity index (χ0) is 30.5. The van der Waals surface area contributed by atoms with Crippen molar-refractivity contribution in [3.8, 4) is 17.6 Å². The van der Waals surface area contributed by atoms with E-state index in [0.29, 0.717) is 38.7 Å². The molecular formula is C32H25I2N3O5S. The quantitative estimate of drug-likeness (QED) is 0.165. The fraction of sp³-hybridized carbons (Fsp3) is 0.188. The molecule has 0 saturated carbocycles. The maximum absolute atomic E-state index is 14.1. The number of benzene rings is 3. The van der Waals surface area contributed by atoms with Crippen molar-refractivity contribution in [2.75, 3.05) is 19.8 Å². The number of esters is 1. The minimum absolute atomic E-state index is 0.0535. The van der Waals surface area contributed by atoms with E-state index in [1.165, 1.54) is 11.3 Å². The van der Waals surface area contributed by atoms with Gasteiger partial charge in [0.15, 0.2) is 11.4 Å². The van der Waals surface area contributed by atoms with Crippen molar-refractivity contribution >= 4 is 74.3 Å². The van der Waals surface area contributed by atoms with E-state index in [2.05, 4.69) is 45.2 Å². The second-order valence-corrected chi connectivity index (χ2v) is 12.5. The van der Waals surface area contributed by atoms with Crippen molar-refractivity contribution in [2.24, 2.45) is 4.99 Å². The minimum atomic E-state index is -0.773. The molecule has 0 N–H and O–H groups in total. The molecule has 1 aromatic heterocycles. The molecule has 0 unspecified atom stereocenters. The molecule has 43 heavy (non-hydrogen) atoms. The summed E-state index contributed by atoms with van der Waals surface area (Å²) in [5, 5.41) is 8.92. The lowest BCUT2D eigenvalue weighted by atomic mass is 9.93. The molecule has 0 spiro atoms. The first kappa shape index (κ1) is 31.0. The summed E-state index contributed by atoms with van der Waals surface area (Å²) in [6, 6.07) is 21.9. The van der Waals surface area contributed by atoms with Crippen molar-refractivity contribution in [3.05, 3.63) is 116 Å². The summed E-state index contributed by atoms with van der Waals surface area (Å²) >= 11 is 5.58. The molecule has 5 rings (SSSR count). The number of nitrogens with zero attached hydrogens (tertiary/aromatic N) is 3. The summed E-state index contributed by atoms with van der Waals surface area (Å²) in [5.41, 5.74) is 2.76. The third kappa shape index (κ3) is 6.56. The Hall–Kier alpha value is -3.48. The number of carbonyl (C=O) groups is 1. The number of hydrogen-bond donors (Lipinski definition) is 0. The Kier molecular flexibility index (Phi) is 9.99. The Labute approximate surface area is 279 Å². The first-order valence-electron chi connectivity index (χ1n) is 13.4. The summed E-state index contributed by atoms with van der Waals surface area (Å²) in [6.45, 7) is 4.30. The summed E-state index contributed by atoms with van der Waals surface area (Å²) in [7, 11) is 0. The van der Waals surface area contributed by atoms with Gasteiger partial charge in [0.1, 0.15) is 17.6 Å². The Bertz CT molecular complexity index is 1900. The van der Waals surface area contributed by atoms with Crippen LogP contribution in [0.1, 0.15) is 36.6 Å². The van der Waals surface area contributed by atoms with Gasteiger partial charge in [0.25, 0.3) is 5.56 Å². The molecule has 8 nitrogen and oxygen atoms in total. The zero-order valence-electron chi connectivity index (χ0n) is 23.2. The molecule has 0 fully saturated rings. The first-order valence-corrected chi connectivity index (χ1v) is 16.3. The summed E-state index contributed by atoms with van der Waals surface area (Å²) in [5.74, 6) is 0.786. The Morgan fingerprint density at radius 2 is 1.74 bits per heavy atom. The molecule has 0 bridgehead atoms. The molecule has 2 heterocycles. The molecule has 0 amide bonds. The number of carbonyl (C=O) groups excluding carboxylic acids is 1. The predicted octanol–water partition coefficient (Wildman–Crippen LogP) is 5.45. The van der Waals surface area contributed by atoms with Crippen molar-refractivity contribution in [1.82, 2.24) is 4.57 Å². The topological polar surface area (TPSA) is 103 Å². The minimum Gasteiger partial charge on any atom is -0.494 e. The molecule has 0 aliphatic carbocycles. The standard InChI is InChI=1S/C32H25I2N3O5S/c1-3-40-22-12-10-21(11-13-22)28-26(31(39)41-4-2)27(20-8-6-5-7-9-20)36-32-37(28)30(38)25(43-32)18-19-16-23(33)29(24(34)17-19)42-15-14-35/h5-13,16-18,28H,3-4,15H2,1-2H3/b25-18-/t28-/m1/s1. The lowest BCUT2D eigenvalue weighted by molar-refractivity contribution is -0.138. The Morgan fingerprint density at radius 1 is 1.05 bits per heavy atom. The van der Waals surface area contributed by atoms with Crippen LogP contribution in [0, 0.1) is 18.5 Å². The second kappa shape index (κ2) is 13.9. The van der Waals surface area contributed by atoms with Gasteiger partial charge in [-0.2, -0.15) is 5.26 Å². The van der Waals surface area contributed by atoms with E-state index in [4.69, 9.17) is 24.5 Å². The normalized spacial score (nSPS) is 14.5. The van der Waals surface area contributed by atoms with Gasteiger partial charge in [-0.1, -0.05) is 53.8 Å². The highest BCUT2D eigenvalue weighted by Gasteiger charge is 2.35. The van der Waals surface area contributed by atoms with Crippen LogP contribution < -0.4 is 24.4 Å². The van der Waals surface area contributed by atoms with Gasteiger partial charge in [-0.15, -0.1) is 0 Å². The number of halogens is 2. The van der Waals surface area contributed by atoms with Gasteiger partial charge in [0.05, 0.1) is 42.2 Å². The van der Waals surface area contributed by atoms with E-state index in [1.807, 2.05) is 85.8 Å². The van der Waals surface area contributed by atoms with Crippen LogP contribution in [0.4, 0.5) is 0 Å². The molecule has 218 valence electrons. The van der Waals surface area contributed by atoms with Gasteiger partial charge in [-0.3, -0.25) is 9.36 Å². The average Bonchev–Trinajstić information content (AvgIpc) is 3.31. The summed E-state index contributed by atoms with van der Waals surface area (Å²) < 4.78 is 20.4. The monoisotopic (exact) mass is 817 g/mol. The first-order chi connectivity index (χ1) is 20.9. The van der Waals surface area contributed by atoms with Gasteiger partial charge in [-0.05, 0) is 100 Å². The molecule has 4 aromatic rings. The van der Waals surface area contributed by atoms with Crippen LogP contribution in [0.3, 0.4) is 0 Å². The lowest BCUT2D eigenvalue weighted by Gasteiger charge is -2.26. The molecule has 1 aliphatic rings. The van der Waals surface area contributed by atoms with Crippen LogP contribution in [0.2, 0.25) is 0 Å². The lowest BCUT2D eigenvalue weighted by Crippen LogP contribution is -2.40. The van der Waals surface area contributed by atoms with Crippen LogP contribution in [-0.4, -0.2) is 30.4 Å². The third-order valence-corrected chi connectivity index (χ3v) is 9.07. The van der Waals surface area contributed by atoms with E-state index in [0.717, 1.165) is 23.8 Å². The van der Waals surface area contributed by atoms with Gasteiger partial charge >= 0.3 is 5.97 Å². The van der Waals surface area contributed by atoms with Crippen LogP contribution in [0.25, 0.3) is 11.8 Å². The average molecular weight is 817 g/mol. The summed E-state index contributed by atoms with van der Waals surface area (Å²) in [4.78, 5) is 33.1. The fourth-order valence-corrected chi connectivity index (χ4v) is 7.85. The second-order valence-electron chi connectivity index (χ2n) is 9.19. The van der Waals surface area contributed by atoms with E-state index in [-0.39, 0.29) is 18.8 Å². The largest absolute Gasteiger partial charge is 0.494 e. The number of ether oxygens (including phenoxy) is 3. The predicted molar refractivity (Wildman–Crippen MR) is 182 cm³/mol. The number of aromatic nitrogens is 1. The number of rotatable bonds is 9. The van der Waals surface area contributed by atoms with Crippen molar-refractivity contribution in [3.63, 3.8) is 0 Å². The molecule has 3 aromatic carbocycles. The van der Waals surface area contributed by atoms with Crippen LogP contribution >= 0.6 is 56.5 Å². The Balaban J connectivity index is 1.75. The van der Waals surface area contributed by atoms with E-state index < -0.39 is 12.0 Å². The van der Waals surface area contributed by atoms with Crippen LogP contribution in [-0.2, 0) is 9.53 Å². The van der Waals surface area contributed by atoms with Crippen LogP contribution in [0.15, 0.2) is 82.1 Å². The maximum atomic E-state index is 14.1. The number of hydrogen-bond acceptors (Lipinski definition) is 8. The van der Waals surface area contributed by atoms with Gasteiger partial charge < -0.3 is 14.2 Å². The highest BCUT2D eigenvalue weighted by molar-refractivity contribution is 14.1. The van der Waals surface area contributed by atoms with Gasteiger partial charge in [-0.25, -0.2) is 9.79 Å². The number of thiazole rings is 1. The van der Waals surface area contributed by atoms with E-state index in [1.54, 1.807) is 11.5 Å². The molecule has 1 aliphatic heterocycles. The smallest absolute Gasteiger partial charge is 0.338 e. The van der Waals surface area contributed by atoms with Crippen molar-refractivity contribution < 1.29 is 19.0 Å². The van der Waals surface area contributed by atoms with E-state index in [9.17, 15) is 9.59 Å². The van der Waals surface area contributed by atoms with E-state index >= 15 is 0 Å². The molecular weight excluding hydrogens is 792 g/mol. The van der Waals surface area contributed by atoms with Gasteiger partial charge in [0.2, 0.25) is 0 Å². The fourth-order valence-electron chi connectivity index (χ4n) is 4.73. The van der Waals surface area contributed by atoms with Crippen molar-refractivity contribution in [1.29, 1.82) is 5.26 Å². The molecule has 0 radical (unpaired) electrons. The maximum Gasteiger partial charge on any atom is 0.338 e. The number of fused-ring (bicyclic) bond motifs is 1. The Morgan fingerprint density at radius 3 is 2.37 bits per heavy atom. The molecule has 0 saturated heterocycles. The number of nitriles is 1. The third-order valence-electron chi connectivity index (χ3n) is 6.48. The highest BCUT2D eigenvalue weighted by Crippen LogP contribution is 2.36. The summed E-state index contributed by atoms with van der Waals surface area (Å²) in [6.07, 6.45) is 1.81. The van der Waals surface area contributed by atoms with Crippen LogP contribution in [0.5, 0.6) is 11.5 Å². The molecule has 11 heteroatoms. The van der Waals surface area contributed by atoms with Crippen molar-refractivity contribution in [2.45, 2.75) is 19.9 Å². The van der Waals surface area contributed by atoms with Gasteiger partial charge in [0, 0.05) is 5.56 Å². The SMILES string of the molecule is CCOC(=O)C1=C(c2ccccc2)N=c2s/c(=C\c3cc(I)c(OCC#N)c(I)c3)c(=O)n2[C@@H]1c1ccc(OCC)cc1.